The van der Waals surface area contributed by atoms with E-state index in [9.17, 15) is 9.59 Å². The number of hydrogen-bond donors (Lipinski definition) is 1. The Labute approximate surface area is 111 Å². The topological polar surface area (TPSA) is 57.6 Å². The molecule has 0 bridgehead atoms. The number of likely N-dealkylation sites (tertiary alicyclic amines) is 1. The Kier molecular flexibility index (Phi) is 3.83. The van der Waals surface area contributed by atoms with E-state index in [2.05, 4.69) is 15.9 Å². The van der Waals surface area contributed by atoms with Crippen molar-refractivity contribution in [2.75, 3.05) is 6.54 Å². The third-order valence-corrected chi connectivity index (χ3v) is 4.51. The fraction of sp³-hybridized carbons (Fsp3) is 0.455. The summed E-state index contributed by atoms with van der Waals surface area (Å²) in [5.41, 5.74) is 0. The second-order valence-corrected chi connectivity index (χ2v) is 5.80. The van der Waals surface area contributed by atoms with Gasteiger partial charge < -0.3 is 10.0 Å². The molecule has 0 saturated carbocycles. The molecule has 1 aromatic rings. The van der Waals surface area contributed by atoms with Gasteiger partial charge in [-0.3, -0.25) is 4.79 Å². The molecule has 1 atom stereocenters. The molecule has 4 nitrogen and oxygen atoms in total. The molecule has 1 N–H and O–H groups in total. The number of thiophene rings is 1. The average Bonchev–Trinajstić information content (AvgIpc) is 2.75. The van der Waals surface area contributed by atoms with Crippen LogP contribution in [0.5, 0.6) is 0 Å². The molecule has 1 saturated heterocycles. The van der Waals surface area contributed by atoms with Gasteiger partial charge >= 0.3 is 5.97 Å². The molecule has 1 unspecified atom stereocenters. The number of hydrogen-bond acceptors (Lipinski definition) is 3. The molecule has 92 valence electrons. The first kappa shape index (κ1) is 12.6. The molecule has 1 fully saturated rings. The summed E-state index contributed by atoms with van der Waals surface area (Å²) in [7, 11) is 0. The fourth-order valence-corrected chi connectivity index (χ4v) is 3.38. The van der Waals surface area contributed by atoms with E-state index in [0.717, 1.165) is 17.3 Å². The van der Waals surface area contributed by atoms with Crippen LogP contribution in [0.25, 0.3) is 0 Å². The Balaban J connectivity index is 2.19. The lowest BCUT2D eigenvalue weighted by atomic mass is 10.0. The number of carbonyl (C=O) groups is 2. The first-order chi connectivity index (χ1) is 8.09. The molecule has 1 aliphatic rings. The summed E-state index contributed by atoms with van der Waals surface area (Å²) in [6.45, 7) is 0.533. The number of carboxylic acids is 1. The monoisotopic (exact) mass is 317 g/mol. The summed E-state index contributed by atoms with van der Waals surface area (Å²) >= 11 is 4.63. The van der Waals surface area contributed by atoms with Crippen molar-refractivity contribution in [1.82, 2.24) is 4.90 Å². The summed E-state index contributed by atoms with van der Waals surface area (Å²) in [6, 6.07) is 1.07. The minimum absolute atomic E-state index is 0.173. The summed E-state index contributed by atoms with van der Waals surface area (Å²) < 4.78 is 0.856. The Morgan fingerprint density at radius 2 is 2.24 bits per heavy atom. The number of nitrogens with zero attached hydrogens (tertiary/aromatic N) is 1. The zero-order chi connectivity index (χ0) is 12.4. The first-order valence-corrected chi connectivity index (χ1v) is 7.04. The van der Waals surface area contributed by atoms with Crippen LogP contribution in [0.15, 0.2) is 15.9 Å². The number of rotatable bonds is 2. The van der Waals surface area contributed by atoms with Crippen LogP contribution in [-0.2, 0) is 4.79 Å². The molecule has 1 aromatic heterocycles. The minimum Gasteiger partial charge on any atom is -0.480 e. The lowest BCUT2D eigenvalue weighted by molar-refractivity contribution is -0.143. The van der Waals surface area contributed by atoms with E-state index in [0.29, 0.717) is 17.8 Å². The molecule has 0 aliphatic carbocycles. The standard InChI is InChI=1S/C11H12BrNO3S/c12-7-5-9(17-6-7)10(14)13-4-2-1-3-8(13)11(15)16/h5-6,8H,1-4H2,(H,15,16). The van der Waals surface area contributed by atoms with Crippen molar-refractivity contribution in [1.29, 1.82) is 0 Å². The largest absolute Gasteiger partial charge is 0.480 e. The second-order valence-electron chi connectivity index (χ2n) is 3.98. The number of amides is 1. The Hall–Kier alpha value is -0.880. The molecular weight excluding hydrogens is 306 g/mol. The average molecular weight is 318 g/mol. The van der Waals surface area contributed by atoms with Gasteiger partial charge in [0.25, 0.3) is 5.91 Å². The van der Waals surface area contributed by atoms with Crippen molar-refractivity contribution in [3.05, 3.63) is 20.8 Å². The number of halogens is 1. The highest BCUT2D eigenvalue weighted by Crippen LogP contribution is 2.25. The normalized spacial score (nSPS) is 20.3. The maximum absolute atomic E-state index is 12.2. The first-order valence-electron chi connectivity index (χ1n) is 5.37. The van der Waals surface area contributed by atoms with Gasteiger partial charge in [-0.1, -0.05) is 0 Å². The number of piperidine rings is 1. The lowest BCUT2D eigenvalue weighted by Gasteiger charge is -2.32. The maximum Gasteiger partial charge on any atom is 0.326 e. The highest BCUT2D eigenvalue weighted by molar-refractivity contribution is 9.10. The van der Waals surface area contributed by atoms with Gasteiger partial charge in [0.15, 0.2) is 0 Å². The number of aliphatic carboxylic acids is 1. The molecule has 1 amide bonds. The van der Waals surface area contributed by atoms with Crippen molar-refractivity contribution in [2.45, 2.75) is 25.3 Å². The van der Waals surface area contributed by atoms with Gasteiger partial charge in [0.1, 0.15) is 6.04 Å². The van der Waals surface area contributed by atoms with Crippen molar-refractivity contribution < 1.29 is 14.7 Å². The number of carbonyl (C=O) groups excluding carboxylic acids is 1. The Morgan fingerprint density at radius 3 is 2.82 bits per heavy atom. The van der Waals surface area contributed by atoms with Gasteiger partial charge in [-0.2, -0.15) is 0 Å². The molecule has 17 heavy (non-hydrogen) atoms. The highest BCUT2D eigenvalue weighted by Gasteiger charge is 2.32. The molecule has 6 heteroatoms. The fourth-order valence-electron chi connectivity index (χ4n) is 2.00. The summed E-state index contributed by atoms with van der Waals surface area (Å²) in [4.78, 5) is 25.4. The van der Waals surface area contributed by atoms with E-state index in [-0.39, 0.29) is 5.91 Å². The van der Waals surface area contributed by atoms with Crippen LogP contribution in [0, 0.1) is 0 Å². The van der Waals surface area contributed by atoms with Gasteiger partial charge in [-0.25, -0.2) is 4.79 Å². The van der Waals surface area contributed by atoms with Crippen LogP contribution in [0.2, 0.25) is 0 Å². The minimum atomic E-state index is -0.909. The maximum atomic E-state index is 12.2. The van der Waals surface area contributed by atoms with E-state index in [1.807, 2.05) is 5.38 Å². The Morgan fingerprint density at radius 1 is 1.47 bits per heavy atom. The predicted molar refractivity (Wildman–Crippen MR) is 68.3 cm³/mol. The van der Waals surface area contributed by atoms with E-state index in [4.69, 9.17) is 5.11 Å². The van der Waals surface area contributed by atoms with Crippen molar-refractivity contribution in [3.8, 4) is 0 Å². The van der Waals surface area contributed by atoms with E-state index in [1.54, 1.807) is 6.07 Å². The molecule has 0 aromatic carbocycles. The van der Waals surface area contributed by atoms with Gasteiger partial charge in [0.2, 0.25) is 0 Å². The summed E-state index contributed by atoms with van der Waals surface area (Å²) in [6.07, 6.45) is 2.30. The SMILES string of the molecule is O=C(O)C1CCCCN1C(=O)c1cc(Br)cs1. The zero-order valence-electron chi connectivity index (χ0n) is 9.06. The van der Waals surface area contributed by atoms with Crippen LogP contribution in [0.1, 0.15) is 28.9 Å². The van der Waals surface area contributed by atoms with Crippen LogP contribution in [-0.4, -0.2) is 34.5 Å². The highest BCUT2D eigenvalue weighted by atomic mass is 79.9. The molecular formula is C11H12BrNO3S. The Bertz CT molecular complexity index is 446. The molecule has 2 rings (SSSR count). The number of carboxylic acid groups (broad SMARTS) is 1. The van der Waals surface area contributed by atoms with Crippen LogP contribution in [0.3, 0.4) is 0 Å². The summed E-state index contributed by atoms with van der Waals surface area (Å²) in [5, 5.41) is 10.9. The smallest absolute Gasteiger partial charge is 0.326 e. The second kappa shape index (κ2) is 5.18. The van der Waals surface area contributed by atoms with Gasteiger partial charge in [-0.05, 0) is 41.3 Å². The van der Waals surface area contributed by atoms with Gasteiger partial charge in [-0.15, -0.1) is 11.3 Å². The van der Waals surface area contributed by atoms with Crippen LogP contribution >= 0.6 is 27.3 Å². The van der Waals surface area contributed by atoms with Gasteiger partial charge in [0, 0.05) is 16.4 Å². The molecule has 2 heterocycles. The van der Waals surface area contributed by atoms with Crippen LogP contribution < -0.4 is 0 Å². The van der Waals surface area contributed by atoms with E-state index >= 15 is 0 Å². The quantitative estimate of drug-likeness (QED) is 0.912. The van der Waals surface area contributed by atoms with E-state index < -0.39 is 12.0 Å². The van der Waals surface area contributed by atoms with Crippen molar-refractivity contribution in [3.63, 3.8) is 0 Å². The third-order valence-electron chi connectivity index (χ3n) is 2.83. The zero-order valence-corrected chi connectivity index (χ0v) is 11.5. The predicted octanol–water partition coefficient (Wildman–Crippen LogP) is 2.59. The molecule has 1 aliphatic heterocycles. The molecule has 0 spiro atoms. The van der Waals surface area contributed by atoms with Crippen LogP contribution in [0.4, 0.5) is 0 Å². The summed E-state index contributed by atoms with van der Waals surface area (Å²) in [5.74, 6) is -1.08. The third kappa shape index (κ3) is 2.69. The lowest BCUT2D eigenvalue weighted by Crippen LogP contribution is -2.47. The van der Waals surface area contributed by atoms with Gasteiger partial charge in [0.05, 0.1) is 4.88 Å². The van der Waals surface area contributed by atoms with E-state index in [1.165, 1.54) is 16.2 Å². The van der Waals surface area contributed by atoms with Crippen molar-refractivity contribution >= 4 is 39.1 Å². The van der Waals surface area contributed by atoms with Crippen molar-refractivity contribution in [2.24, 2.45) is 0 Å². The molecule has 0 radical (unpaired) electrons.